The average molecular weight is 324 g/mol. The topological polar surface area (TPSA) is 59.8 Å². The zero-order chi connectivity index (χ0) is 15.8. The van der Waals surface area contributed by atoms with Crippen molar-refractivity contribution in [3.05, 3.63) is 58.4 Å². The molecule has 0 saturated carbocycles. The summed E-state index contributed by atoms with van der Waals surface area (Å²) in [6.45, 7) is 2.00. The number of aromatic nitrogens is 3. The Kier molecular flexibility index (Phi) is 3.46. The molecule has 0 spiro atoms. The molecule has 1 aliphatic carbocycles. The van der Waals surface area contributed by atoms with E-state index in [1.165, 1.54) is 11.3 Å². The van der Waals surface area contributed by atoms with Crippen LogP contribution in [-0.4, -0.2) is 20.7 Å². The fourth-order valence-electron chi connectivity index (χ4n) is 2.81. The third-order valence-electron chi connectivity index (χ3n) is 4.02. The molecule has 1 N–H and O–H groups in total. The van der Waals surface area contributed by atoms with Gasteiger partial charge in [0.05, 0.1) is 11.4 Å². The highest BCUT2D eigenvalue weighted by molar-refractivity contribution is 7.15. The Morgan fingerprint density at radius 2 is 2.04 bits per heavy atom. The van der Waals surface area contributed by atoms with Crippen LogP contribution in [0.2, 0.25) is 0 Å². The number of nitrogens with zero attached hydrogens (tertiary/aromatic N) is 3. The highest BCUT2D eigenvalue weighted by Crippen LogP contribution is 2.30. The van der Waals surface area contributed by atoms with Gasteiger partial charge in [0.25, 0.3) is 5.91 Å². The van der Waals surface area contributed by atoms with E-state index in [9.17, 15) is 4.79 Å². The third-order valence-corrected chi connectivity index (χ3v) is 5.10. The average Bonchev–Trinajstić information content (AvgIpc) is 3.23. The summed E-state index contributed by atoms with van der Waals surface area (Å²) in [7, 11) is 0. The molecule has 0 atom stereocenters. The predicted molar refractivity (Wildman–Crippen MR) is 90.4 cm³/mol. The second kappa shape index (κ2) is 5.62. The molecule has 0 saturated heterocycles. The minimum Gasteiger partial charge on any atom is -0.298 e. The van der Waals surface area contributed by atoms with Crippen molar-refractivity contribution in [2.75, 3.05) is 5.32 Å². The van der Waals surface area contributed by atoms with Gasteiger partial charge in [0.15, 0.2) is 5.13 Å². The van der Waals surface area contributed by atoms with Crippen LogP contribution >= 0.6 is 11.3 Å². The molecule has 23 heavy (non-hydrogen) atoms. The smallest absolute Gasteiger partial charge is 0.257 e. The molecule has 0 fully saturated rings. The summed E-state index contributed by atoms with van der Waals surface area (Å²) in [5.41, 5.74) is 3.76. The van der Waals surface area contributed by atoms with E-state index in [1.807, 2.05) is 41.9 Å². The molecule has 1 aliphatic rings. The van der Waals surface area contributed by atoms with Gasteiger partial charge in [0.1, 0.15) is 0 Å². The summed E-state index contributed by atoms with van der Waals surface area (Å²) < 4.78 is 1.84. The summed E-state index contributed by atoms with van der Waals surface area (Å²) in [6.07, 6.45) is 5.05. The number of fused-ring (bicyclic) bond motifs is 1. The van der Waals surface area contributed by atoms with Crippen LogP contribution in [0.3, 0.4) is 0 Å². The van der Waals surface area contributed by atoms with Crippen molar-refractivity contribution in [2.45, 2.75) is 26.2 Å². The Hall–Kier alpha value is -2.47. The number of carbonyl (C=O) groups excluding carboxylic acids is 1. The molecule has 0 unspecified atom stereocenters. The predicted octanol–water partition coefficient (Wildman–Crippen LogP) is 3.38. The van der Waals surface area contributed by atoms with Crippen molar-refractivity contribution in [3.8, 4) is 5.69 Å². The van der Waals surface area contributed by atoms with Crippen molar-refractivity contribution in [2.24, 2.45) is 0 Å². The van der Waals surface area contributed by atoms with Gasteiger partial charge in [-0.2, -0.15) is 5.10 Å². The summed E-state index contributed by atoms with van der Waals surface area (Å²) in [6, 6.07) is 9.37. The number of carbonyl (C=O) groups is 1. The Morgan fingerprint density at radius 1 is 1.22 bits per heavy atom. The highest BCUT2D eigenvalue weighted by Gasteiger charge is 2.18. The van der Waals surface area contributed by atoms with Crippen LogP contribution in [0.5, 0.6) is 0 Å². The maximum absolute atomic E-state index is 12.3. The summed E-state index contributed by atoms with van der Waals surface area (Å²) >= 11 is 1.59. The molecule has 4 rings (SSSR count). The first-order chi connectivity index (χ1) is 11.2. The van der Waals surface area contributed by atoms with Gasteiger partial charge in [0, 0.05) is 22.3 Å². The van der Waals surface area contributed by atoms with Gasteiger partial charge in [0.2, 0.25) is 0 Å². The van der Waals surface area contributed by atoms with Crippen molar-refractivity contribution in [1.82, 2.24) is 14.8 Å². The third kappa shape index (κ3) is 2.66. The Bertz CT molecular complexity index is 842. The quantitative estimate of drug-likeness (QED) is 0.803. The first-order valence-corrected chi connectivity index (χ1v) is 8.43. The van der Waals surface area contributed by atoms with Crippen molar-refractivity contribution >= 4 is 22.4 Å². The largest absolute Gasteiger partial charge is 0.298 e. The molecule has 3 aromatic rings. The van der Waals surface area contributed by atoms with E-state index in [0.717, 1.165) is 29.9 Å². The lowest BCUT2D eigenvalue weighted by atomic mass is 10.2. The van der Waals surface area contributed by atoms with Crippen molar-refractivity contribution in [1.29, 1.82) is 0 Å². The Labute approximate surface area is 138 Å². The monoisotopic (exact) mass is 324 g/mol. The van der Waals surface area contributed by atoms with Gasteiger partial charge in [-0.25, -0.2) is 9.67 Å². The second-order valence-corrected chi connectivity index (χ2v) is 6.71. The Balaban J connectivity index is 1.51. The number of anilines is 1. The summed E-state index contributed by atoms with van der Waals surface area (Å²) in [5.74, 6) is -0.124. The highest BCUT2D eigenvalue weighted by atomic mass is 32.1. The van der Waals surface area contributed by atoms with E-state index in [0.29, 0.717) is 10.7 Å². The van der Waals surface area contributed by atoms with Crippen LogP contribution in [0.4, 0.5) is 5.13 Å². The molecule has 5 nitrogen and oxygen atoms in total. The Morgan fingerprint density at radius 3 is 2.74 bits per heavy atom. The number of hydrogen-bond acceptors (Lipinski definition) is 4. The normalized spacial score (nSPS) is 13.1. The zero-order valence-corrected chi connectivity index (χ0v) is 13.6. The molecule has 0 radical (unpaired) electrons. The maximum Gasteiger partial charge on any atom is 0.257 e. The molecule has 0 bridgehead atoms. The standard InChI is InChI=1S/C17H16N4OS/c1-11-9-10-18-21(11)13-7-5-12(6-8-13)16(22)20-17-19-14-3-2-4-15(14)23-17/h5-10H,2-4H2,1H3,(H,19,20,22). The number of benzene rings is 1. The lowest BCUT2D eigenvalue weighted by Crippen LogP contribution is -2.12. The molecule has 1 amide bonds. The molecule has 116 valence electrons. The van der Waals surface area contributed by atoms with E-state index in [2.05, 4.69) is 15.4 Å². The van der Waals surface area contributed by atoms with Crippen LogP contribution in [0.1, 0.15) is 33.0 Å². The lowest BCUT2D eigenvalue weighted by molar-refractivity contribution is 0.102. The fraction of sp³-hybridized carbons (Fsp3) is 0.235. The molecular weight excluding hydrogens is 308 g/mol. The number of rotatable bonds is 3. The van der Waals surface area contributed by atoms with E-state index in [1.54, 1.807) is 17.5 Å². The van der Waals surface area contributed by atoms with E-state index >= 15 is 0 Å². The minimum atomic E-state index is -0.124. The minimum absolute atomic E-state index is 0.124. The maximum atomic E-state index is 12.3. The molecule has 1 aromatic carbocycles. The van der Waals surface area contributed by atoms with Gasteiger partial charge in [-0.05, 0) is 56.5 Å². The zero-order valence-electron chi connectivity index (χ0n) is 12.7. The van der Waals surface area contributed by atoms with Gasteiger partial charge >= 0.3 is 0 Å². The van der Waals surface area contributed by atoms with Crippen LogP contribution in [-0.2, 0) is 12.8 Å². The molecule has 2 aromatic heterocycles. The molecule has 6 heteroatoms. The summed E-state index contributed by atoms with van der Waals surface area (Å²) in [5, 5.41) is 7.86. The first kappa shape index (κ1) is 14.1. The number of thiazole rings is 1. The number of amides is 1. The van der Waals surface area contributed by atoms with Gasteiger partial charge in [-0.15, -0.1) is 11.3 Å². The summed E-state index contributed by atoms with van der Waals surface area (Å²) in [4.78, 5) is 18.1. The van der Waals surface area contributed by atoms with Gasteiger partial charge < -0.3 is 0 Å². The number of hydrogen-bond donors (Lipinski definition) is 1. The molecular formula is C17H16N4OS. The van der Waals surface area contributed by atoms with Crippen LogP contribution in [0.25, 0.3) is 5.69 Å². The van der Waals surface area contributed by atoms with E-state index < -0.39 is 0 Å². The van der Waals surface area contributed by atoms with E-state index in [-0.39, 0.29) is 5.91 Å². The van der Waals surface area contributed by atoms with E-state index in [4.69, 9.17) is 0 Å². The SMILES string of the molecule is Cc1ccnn1-c1ccc(C(=O)Nc2nc3c(s2)CCC3)cc1. The lowest BCUT2D eigenvalue weighted by Gasteiger charge is -2.06. The number of nitrogens with one attached hydrogen (secondary N) is 1. The molecule has 2 heterocycles. The number of aryl methyl sites for hydroxylation is 3. The van der Waals surface area contributed by atoms with Crippen molar-refractivity contribution in [3.63, 3.8) is 0 Å². The van der Waals surface area contributed by atoms with Gasteiger partial charge in [-0.1, -0.05) is 0 Å². The second-order valence-electron chi connectivity index (χ2n) is 5.63. The molecule has 0 aliphatic heterocycles. The van der Waals surface area contributed by atoms with Crippen LogP contribution in [0, 0.1) is 6.92 Å². The van der Waals surface area contributed by atoms with Crippen LogP contribution in [0.15, 0.2) is 36.5 Å². The van der Waals surface area contributed by atoms with Crippen LogP contribution < -0.4 is 5.32 Å². The van der Waals surface area contributed by atoms with Crippen molar-refractivity contribution < 1.29 is 4.79 Å². The fourth-order valence-corrected chi connectivity index (χ4v) is 3.85. The first-order valence-electron chi connectivity index (χ1n) is 7.62. The van der Waals surface area contributed by atoms with Gasteiger partial charge in [-0.3, -0.25) is 10.1 Å².